The average Bonchev–Trinajstić information content (AvgIpc) is 2.95. The Balaban J connectivity index is 1.90. The summed E-state index contributed by atoms with van der Waals surface area (Å²) in [6.45, 7) is 4.85. The van der Waals surface area contributed by atoms with Gasteiger partial charge in [0, 0.05) is 25.7 Å². The third-order valence-corrected chi connectivity index (χ3v) is 2.69. The number of nitrogens with one attached hydrogen (secondary N) is 1. The molecule has 2 heterocycles. The largest absolute Gasteiger partial charge is 0.397 e. The van der Waals surface area contributed by atoms with Gasteiger partial charge < -0.3 is 20.1 Å². The Hall–Kier alpha value is -2.31. The molecule has 0 aliphatic carbocycles. The number of nitrogens with zero attached hydrogens (tertiary/aromatic N) is 3. The zero-order valence-electron chi connectivity index (χ0n) is 11.0. The molecule has 0 saturated heterocycles. The van der Waals surface area contributed by atoms with Gasteiger partial charge in [-0.15, -0.1) is 0 Å². The van der Waals surface area contributed by atoms with Gasteiger partial charge in [0.1, 0.15) is 5.69 Å². The molecule has 2 rings (SSSR count). The molecule has 0 saturated carbocycles. The predicted molar refractivity (Wildman–Crippen MR) is 69.6 cm³/mol. The van der Waals surface area contributed by atoms with Gasteiger partial charge in [-0.05, 0) is 19.9 Å². The minimum absolute atomic E-state index is 0.158. The van der Waals surface area contributed by atoms with Crippen molar-refractivity contribution < 1.29 is 9.32 Å². The smallest absolute Gasteiger partial charge is 0.267 e. The van der Waals surface area contributed by atoms with E-state index in [0.717, 1.165) is 0 Å². The number of nitrogens with two attached hydrogens (primary N) is 1. The van der Waals surface area contributed by atoms with E-state index in [0.29, 0.717) is 42.6 Å². The standard InChI is InChI=1S/C12H17N5O2/c1-3-17-7-9(13)6-10(17)12(18)14-5-4-11-15-8(2)16-19-11/h6-7H,3-5,13H2,1-2H3,(H,14,18). The van der Waals surface area contributed by atoms with Gasteiger partial charge >= 0.3 is 0 Å². The molecule has 0 aliphatic rings. The van der Waals surface area contributed by atoms with Crippen molar-refractivity contribution in [2.75, 3.05) is 12.3 Å². The van der Waals surface area contributed by atoms with Crippen molar-refractivity contribution in [1.82, 2.24) is 20.0 Å². The van der Waals surface area contributed by atoms with Crippen LogP contribution in [0.15, 0.2) is 16.8 Å². The summed E-state index contributed by atoms with van der Waals surface area (Å²) in [5.41, 5.74) is 6.82. The fraction of sp³-hybridized carbons (Fsp3) is 0.417. The molecule has 7 heteroatoms. The lowest BCUT2D eigenvalue weighted by molar-refractivity contribution is 0.0944. The molecule has 0 atom stereocenters. The zero-order chi connectivity index (χ0) is 13.8. The molecule has 0 radical (unpaired) electrons. The lowest BCUT2D eigenvalue weighted by atomic mass is 10.3. The third-order valence-electron chi connectivity index (χ3n) is 2.69. The van der Waals surface area contributed by atoms with E-state index in [4.69, 9.17) is 10.3 Å². The number of nitrogen functional groups attached to an aromatic ring is 1. The van der Waals surface area contributed by atoms with E-state index in [9.17, 15) is 4.79 Å². The van der Waals surface area contributed by atoms with Crippen LogP contribution in [0.2, 0.25) is 0 Å². The lowest BCUT2D eigenvalue weighted by Crippen LogP contribution is -2.27. The monoisotopic (exact) mass is 263 g/mol. The normalized spacial score (nSPS) is 10.6. The summed E-state index contributed by atoms with van der Waals surface area (Å²) in [6.07, 6.45) is 2.26. The van der Waals surface area contributed by atoms with Crippen molar-refractivity contribution in [1.29, 1.82) is 0 Å². The molecule has 7 nitrogen and oxygen atoms in total. The first-order chi connectivity index (χ1) is 9.10. The van der Waals surface area contributed by atoms with Crippen molar-refractivity contribution in [2.45, 2.75) is 26.8 Å². The van der Waals surface area contributed by atoms with Gasteiger partial charge in [-0.2, -0.15) is 4.98 Å². The maximum Gasteiger partial charge on any atom is 0.267 e. The van der Waals surface area contributed by atoms with Crippen molar-refractivity contribution >= 4 is 11.6 Å². The molecule has 2 aromatic heterocycles. The first kappa shape index (κ1) is 13.1. The zero-order valence-corrected chi connectivity index (χ0v) is 11.0. The summed E-state index contributed by atoms with van der Waals surface area (Å²) in [5, 5.41) is 6.49. The molecular formula is C12H17N5O2. The number of carbonyl (C=O) groups excluding carboxylic acids is 1. The summed E-state index contributed by atoms with van der Waals surface area (Å²) >= 11 is 0. The Kier molecular flexibility index (Phi) is 3.84. The number of amides is 1. The van der Waals surface area contributed by atoms with Crippen molar-refractivity contribution in [2.24, 2.45) is 0 Å². The molecule has 1 amide bonds. The van der Waals surface area contributed by atoms with Crippen LogP contribution in [0.4, 0.5) is 5.69 Å². The maximum absolute atomic E-state index is 12.0. The Bertz CT molecular complexity index is 572. The minimum atomic E-state index is -0.158. The van der Waals surface area contributed by atoms with E-state index in [1.54, 1.807) is 19.2 Å². The number of aromatic nitrogens is 3. The second-order valence-electron chi connectivity index (χ2n) is 4.19. The van der Waals surface area contributed by atoms with E-state index in [-0.39, 0.29) is 5.91 Å². The third kappa shape index (κ3) is 3.12. The van der Waals surface area contributed by atoms with Gasteiger partial charge in [0.2, 0.25) is 5.89 Å². The molecule has 19 heavy (non-hydrogen) atoms. The van der Waals surface area contributed by atoms with E-state index >= 15 is 0 Å². The van der Waals surface area contributed by atoms with Gasteiger partial charge in [-0.3, -0.25) is 4.79 Å². The average molecular weight is 263 g/mol. The molecular weight excluding hydrogens is 246 g/mol. The first-order valence-electron chi connectivity index (χ1n) is 6.13. The van der Waals surface area contributed by atoms with E-state index < -0.39 is 0 Å². The maximum atomic E-state index is 12.0. The van der Waals surface area contributed by atoms with Crippen LogP contribution in [-0.2, 0) is 13.0 Å². The summed E-state index contributed by atoms with van der Waals surface area (Å²) in [4.78, 5) is 16.0. The fourth-order valence-corrected chi connectivity index (χ4v) is 1.80. The summed E-state index contributed by atoms with van der Waals surface area (Å²) in [7, 11) is 0. The topological polar surface area (TPSA) is 99.0 Å². The first-order valence-corrected chi connectivity index (χ1v) is 6.13. The van der Waals surface area contributed by atoms with Gasteiger partial charge in [-0.25, -0.2) is 0 Å². The molecule has 0 aliphatic heterocycles. The summed E-state index contributed by atoms with van der Waals surface area (Å²) < 4.78 is 6.77. The van der Waals surface area contributed by atoms with E-state index in [1.807, 2.05) is 11.5 Å². The van der Waals surface area contributed by atoms with E-state index in [1.165, 1.54) is 0 Å². The molecule has 0 bridgehead atoms. The number of anilines is 1. The highest BCUT2D eigenvalue weighted by Crippen LogP contribution is 2.10. The summed E-state index contributed by atoms with van der Waals surface area (Å²) in [5.74, 6) is 0.951. The van der Waals surface area contributed by atoms with Gasteiger partial charge in [0.15, 0.2) is 5.82 Å². The highest BCUT2D eigenvalue weighted by molar-refractivity contribution is 5.93. The van der Waals surface area contributed by atoms with Crippen LogP contribution >= 0.6 is 0 Å². The molecule has 0 unspecified atom stereocenters. The Morgan fingerprint density at radius 2 is 2.37 bits per heavy atom. The SMILES string of the molecule is CCn1cc(N)cc1C(=O)NCCc1nc(C)no1. The Morgan fingerprint density at radius 1 is 1.58 bits per heavy atom. The number of rotatable bonds is 5. The predicted octanol–water partition coefficient (Wildman–Crippen LogP) is 0.754. The van der Waals surface area contributed by atoms with Crippen LogP contribution in [0, 0.1) is 6.92 Å². The van der Waals surface area contributed by atoms with E-state index in [2.05, 4.69) is 15.5 Å². The molecule has 3 N–H and O–H groups in total. The number of hydrogen-bond donors (Lipinski definition) is 2. The van der Waals surface area contributed by atoms with Crippen LogP contribution < -0.4 is 11.1 Å². The second-order valence-corrected chi connectivity index (χ2v) is 4.19. The van der Waals surface area contributed by atoms with Crippen molar-refractivity contribution in [3.63, 3.8) is 0 Å². The van der Waals surface area contributed by atoms with Crippen LogP contribution in [0.25, 0.3) is 0 Å². The summed E-state index contributed by atoms with van der Waals surface area (Å²) in [6, 6.07) is 1.66. The molecule has 0 spiro atoms. The number of carbonyl (C=O) groups is 1. The number of aryl methyl sites for hydroxylation is 2. The van der Waals surface area contributed by atoms with Crippen LogP contribution in [-0.4, -0.2) is 27.2 Å². The highest BCUT2D eigenvalue weighted by atomic mass is 16.5. The second kappa shape index (κ2) is 5.55. The minimum Gasteiger partial charge on any atom is -0.397 e. The van der Waals surface area contributed by atoms with Crippen molar-refractivity contribution in [3.05, 3.63) is 29.7 Å². The van der Waals surface area contributed by atoms with Gasteiger partial charge in [0.05, 0.1) is 5.69 Å². The van der Waals surface area contributed by atoms with Crippen LogP contribution in [0.5, 0.6) is 0 Å². The molecule has 2 aromatic rings. The lowest BCUT2D eigenvalue weighted by Gasteiger charge is -2.06. The van der Waals surface area contributed by atoms with Crippen LogP contribution in [0.3, 0.4) is 0 Å². The Labute approximate surface area is 110 Å². The fourth-order valence-electron chi connectivity index (χ4n) is 1.80. The quantitative estimate of drug-likeness (QED) is 0.829. The Morgan fingerprint density at radius 3 is 3.00 bits per heavy atom. The highest BCUT2D eigenvalue weighted by Gasteiger charge is 2.12. The molecule has 102 valence electrons. The van der Waals surface area contributed by atoms with Crippen LogP contribution in [0.1, 0.15) is 29.1 Å². The van der Waals surface area contributed by atoms with Crippen molar-refractivity contribution in [3.8, 4) is 0 Å². The van der Waals surface area contributed by atoms with Gasteiger partial charge in [0.25, 0.3) is 5.91 Å². The molecule has 0 aromatic carbocycles. The number of hydrogen-bond acceptors (Lipinski definition) is 5. The van der Waals surface area contributed by atoms with Gasteiger partial charge in [-0.1, -0.05) is 5.16 Å². The molecule has 0 fully saturated rings.